The largest absolute Gasteiger partial charge is 0.492 e. The van der Waals surface area contributed by atoms with Crippen LogP contribution in [0.5, 0.6) is 11.5 Å². The predicted octanol–water partition coefficient (Wildman–Crippen LogP) is 13.1. The maximum absolute atomic E-state index is 6.63. The number of hydrogen-bond acceptors (Lipinski definition) is 4. The molecule has 44 heavy (non-hydrogen) atoms. The van der Waals surface area contributed by atoms with Crippen molar-refractivity contribution in [1.82, 2.24) is 0 Å². The van der Waals surface area contributed by atoms with Gasteiger partial charge in [0.05, 0.1) is 13.2 Å². The number of fused-ring (bicyclic) bond motifs is 2. The second kappa shape index (κ2) is 23.8. The average molecular weight is 639 g/mol. The van der Waals surface area contributed by atoms with E-state index in [0.29, 0.717) is 0 Å². The smallest absolute Gasteiger partial charge is 0.135 e. The number of aryl methyl sites for hydroxylation is 1. The van der Waals surface area contributed by atoms with Gasteiger partial charge in [0.15, 0.2) is 0 Å². The number of benzene rings is 3. The molecule has 0 saturated carbocycles. The third kappa shape index (κ3) is 13.5. The summed E-state index contributed by atoms with van der Waals surface area (Å²) < 4.78 is 13.2. The highest BCUT2D eigenvalue weighted by atomic mass is 32.2. The van der Waals surface area contributed by atoms with Crippen molar-refractivity contribution >= 4 is 45.1 Å². The lowest BCUT2D eigenvalue weighted by Crippen LogP contribution is -2.03. The fourth-order valence-electron chi connectivity index (χ4n) is 5.75. The Morgan fingerprint density at radius 2 is 0.886 bits per heavy atom. The third-order valence-corrected chi connectivity index (χ3v) is 10.9. The molecule has 0 aromatic heterocycles. The highest BCUT2D eigenvalue weighted by molar-refractivity contribution is 7.99. The van der Waals surface area contributed by atoms with Gasteiger partial charge in [-0.1, -0.05) is 121 Å². The van der Waals surface area contributed by atoms with Crippen LogP contribution in [0.2, 0.25) is 0 Å². The Labute approximate surface area is 279 Å². The van der Waals surface area contributed by atoms with Crippen LogP contribution in [-0.4, -0.2) is 36.2 Å². The summed E-state index contributed by atoms with van der Waals surface area (Å²) in [7, 11) is 0. The van der Waals surface area contributed by atoms with Crippen molar-refractivity contribution in [3.05, 3.63) is 48.0 Å². The van der Waals surface area contributed by atoms with E-state index in [1.165, 1.54) is 140 Å². The van der Waals surface area contributed by atoms with Gasteiger partial charge in [-0.2, -0.15) is 23.5 Å². The molecule has 0 aliphatic heterocycles. The minimum atomic E-state index is 0.777. The van der Waals surface area contributed by atoms with Crippen molar-refractivity contribution in [2.75, 3.05) is 36.2 Å². The molecule has 3 aromatic rings. The third-order valence-electron chi connectivity index (χ3n) is 8.54. The molecular weight excluding hydrogens is 577 g/mol. The molecule has 0 spiro atoms. The molecule has 0 N–H and O–H groups in total. The molecule has 0 amide bonds. The summed E-state index contributed by atoms with van der Waals surface area (Å²) in [4.78, 5) is 0. The van der Waals surface area contributed by atoms with Crippen LogP contribution in [0.1, 0.15) is 129 Å². The van der Waals surface area contributed by atoms with Gasteiger partial charge in [-0.15, -0.1) is 0 Å². The number of rotatable bonds is 27. The van der Waals surface area contributed by atoms with Crippen molar-refractivity contribution in [1.29, 1.82) is 0 Å². The summed E-state index contributed by atoms with van der Waals surface area (Å²) >= 11 is 4.27. The Morgan fingerprint density at radius 1 is 0.455 bits per heavy atom. The lowest BCUT2D eigenvalue weighted by atomic mass is 9.98. The number of ether oxygens (including phenoxy) is 2. The molecule has 0 fully saturated rings. The second-order valence-corrected chi connectivity index (χ2v) is 14.8. The van der Waals surface area contributed by atoms with E-state index in [4.69, 9.17) is 9.47 Å². The lowest BCUT2D eigenvalue weighted by Gasteiger charge is -2.18. The molecule has 2 nitrogen and oxygen atoms in total. The molecule has 0 bridgehead atoms. The predicted molar refractivity (Wildman–Crippen MR) is 202 cm³/mol. The Kier molecular flexibility index (Phi) is 20.0. The monoisotopic (exact) mass is 638 g/mol. The van der Waals surface area contributed by atoms with Gasteiger partial charge in [0, 0.05) is 21.5 Å². The standard InChI is InChI=1S/C40H62O2S2/c1-4-7-29-43-31-21-15-11-9-13-19-27-41-39-35-23-17-18-24-36(35)40(38-33-34(6-3)25-26-37(38)39)42-28-20-14-10-12-16-22-32-44-30-8-5-2/h17-18,23-26,33H,4-16,19-22,27-32H2,1-3H3. The van der Waals surface area contributed by atoms with E-state index in [2.05, 4.69) is 86.8 Å². The van der Waals surface area contributed by atoms with Crippen LogP contribution in [0.15, 0.2) is 42.5 Å². The van der Waals surface area contributed by atoms with E-state index >= 15 is 0 Å². The van der Waals surface area contributed by atoms with Gasteiger partial charge in [-0.3, -0.25) is 0 Å². The first-order valence-corrected chi connectivity index (χ1v) is 20.5. The van der Waals surface area contributed by atoms with Gasteiger partial charge in [-0.25, -0.2) is 0 Å². The Hall–Kier alpha value is -1.52. The van der Waals surface area contributed by atoms with E-state index in [1.54, 1.807) is 0 Å². The highest BCUT2D eigenvalue weighted by Crippen LogP contribution is 2.43. The Morgan fingerprint density at radius 3 is 1.39 bits per heavy atom. The van der Waals surface area contributed by atoms with Crippen LogP contribution in [0, 0.1) is 0 Å². The first-order valence-electron chi connectivity index (χ1n) is 18.2. The molecule has 0 aliphatic rings. The molecule has 3 aromatic carbocycles. The maximum atomic E-state index is 6.63. The van der Waals surface area contributed by atoms with Crippen LogP contribution in [-0.2, 0) is 6.42 Å². The van der Waals surface area contributed by atoms with Gasteiger partial charge in [0.1, 0.15) is 11.5 Å². The average Bonchev–Trinajstić information content (AvgIpc) is 3.05. The topological polar surface area (TPSA) is 18.5 Å². The van der Waals surface area contributed by atoms with Crippen molar-refractivity contribution in [2.24, 2.45) is 0 Å². The molecule has 0 aliphatic carbocycles. The van der Waals surface area contributed by atoms with E-state index in [-0.39, 0.29) is 0 Å². The lowest BCUT2D eigenvalue weighted by molar-refractivity contribution is 0.306. The number of unbranched alkanes of at least 4 members (excludes halogenated alkanes) is 12. The maximum Gasteiger partial charge on any atom is 0.135 e. The van der Waals surface area contributed by atoms with E-state index in [1.807, 2.05) is 0 Å². The molecule has 0 saturated heterocycles. The summed E-state index contributed by atoms with van der Waals surface area (Å²) in [5.41, 5.74) is 1.35. The SMILES string of the molecule is CCCCSCCCCCCCCOc1c2ccccc2c(OCCCCCCCCSCCCC)c2cc(CC)ccc12. The van der Waals surface area contributed by atoms with Crippen molar-refractivity contribution < 1.29 is 9.47 Å². The van der Waals surface area contributed by atoms with Crippen LogP contribution in [0.3, 0.4) is 0 Å². The first-order chi connectivity index (χ1) is 21.8. The van der Waals surface area contributed by atoms with Gasteiger partial charge < -0.3 is 9.47 Å². The van der Waals surface area contributed by atoms with Gasteiger partial charge >= 0.3 is 0 Å². The van der Waals surface area contributed by atoms with Gasteiger partial charge in [0.2, 0.25) is 0 Å². The van der Waals surface area contributed by atoms with Crippen molar-refractivity contribution in [3.8, 4) is 11.5 Å². The summed E-state index contributed by atoms with van der Waals surface area (Å²) in [6.45, 7) is 8.34. The van der Waals surface area contributed by atoms with Crippen LogP contribution in [0.25, 0.3) is 21.5 Å². The molecular formula is C40H62O2S2. The zero-order chi connectivity index (χ0) is 31.1. The minimum absolute atomic E-state index is 0.777. The minimum Gasteiger partial charge on any atom is -0.492 e. The van der Waals surface area contributed by atoms with Crippen LogP contribution in [0.4, 0.5) is 0 Å². The first kappa shape index (κ1) is 36.9. The Bertz CT molecular complexity index is 1160. The molecule has 4 heteroatoms. The second-order valence-electron chi connectivity index (χ2n) is 12.3. The quantitative estimate of drug-likeness (QED) is 0.0610. The summed E-state index contributed by atoms with van der Waals surface area (Å²) in [5.74, 6) is 7.41. The summed E-state index contributed by atoms with van der Waals surface area (Å²) in [5, 5.41) is 4.75. The van der Waals surface area contributed by atoms with Gasteiger partial charge in [-0.05, 0) is 79.6 Å². The molecule has 0 radical (unpaired) electrons. The molecule has 0 atom stereocenters. The molecule has 0 unspecified atom stereocenters. The number of thioether (sulfide) groups is 2. The zero-order valence-corrected chi connectivity index (χ0v) is 30.1. The van der Waals surface area contributed by atoms with E-state index in [9.17, 15) is 0 Å². The van der Waals surface area contributed by atoms with Crippen LogP contribution < -0.4 is 9.47 Å². The zero-order valence-electron chi connectivity index (χ0n) is 28.4. The summed E-state index contributed by atoms with van der Waals surface area (Å²) in [6, 6.07) is 15.6. The molecule has 3 rings (SSSR count). The highest BCUT2D eigenvalue weighted by Gasteiger charge is 2.16. The van der Waals surface area contributed by atoms with Crippen molar-refractivity contribution in [3.63, 3.8) is 0 Å². The molecule has 0 heterocycles. The normalized spacial score (nSPS) is 11.5. The summed E-state index contributed by atoms with van der Waals surface area (Å²) in [6.07, 6.45) is 21.9. The number of hydrogen-bond donors (Lipinski definition) is 0. The van der Waals surface area contributed by atoms with Gasteiger partial charge in [0.25, 0.3) is 0 Å². The van der Waals surface area contributed by atoms with Crippen LogP contribution >= 0.6 is 23.5 Å². The van der Waals surface area contributed by atoms with E-state index in [0.717, 1.165) is 44.0 Å². The van der Waals surface area contributed by atoms with E-state index < -0.39 is 0 Å². The van der Waals surface area contributed by atoms with Crippen molar-refractivity contribution in [2.45, 2.75) is 130 Å². The Balaban J connectivity index is 1.50. The molecule has 246 valence electrons. The fourth-order valence-corrected chi connectivity index (χ4v) is 7.96. The fraction of sp³-hybridized carbons (Fsp3) is 0.650.